The lowest BCUT2D eigenvalue weighted by Crippen LogP contribution is -2.25. The van der Waals surface area contributed by atoms with Crippen LogP contribution in [-0.4, -0.2) is 34.1 Å². The molecule has 0 aromatic heterocycles. The largest absolute Gasteiger partial charge is 0.486 e. The van der Waals surface area contributed by atoms with Crippen molar-refractivity contribution in [2.24, 2.45) is 0 Å². The average molecular weight is 409 g/mol. The summed E-state index contributed by atoms with van der Waals surface area (Å²) in [5.74, 6) is 0.00572. The molecule has 0 amide bonds. The van der Waals surface area contributed by atoms with E-state index in [4.69, 9.17) is 14.2 Å². The maximum absolute atomic E-state index is 13.1. The van der Waals surface area contributed by atoms with Crippen LogP contribution >= 0.6 is 0 Å². The van der Waals surface area contributed by atoms with Crippen LogP contribution in [0.15, 0.2) is 47.4 Å². The van der Waals surface area contributed by atoms with Gasteiger partial charge in [-0.25, -0.2) is 17.5 Å². The first-order valence-corrected chi connectivity index (χ1v) is 10.2. The van der Waals surface area contributed by atoms with Crippen LogP contribution in [0.3, 0.4) is 0 Å². The van der Waals surface area contributed by atoms with Gasteiger partial charge in [0, 0.05) is 19.0 Å². The van der Waals surface area contributed by atoms with Crippen LogP contribution in [-0.2, 0) is 26.2 Å². The van der Waals surface area contributed by atoms with E-state index in [0.29, 0.717) is 30.3 Å². The Balaban J connectivity index is 1.43. The van der Waals surface area contributed by atoms with Gasteiger partial charge >= 0.3 is 5.97 Å². The number of hydrogen-bond acceptors (Lipinski definition) is 6. The zero-order chi connectivity index (χ0) is 20.0. The predicted molar refractivity (Wildman–Crippen MR) is 98.1 cm³/mol. The van der Waals surface area contributed by atoms with Crippen molar-refractivity contribution in [2.45, 2.75) is 24.3 Å². The van der Waals surface area contributed by atoms with Crippen LogP contribution in [0.25, 0.3) is 0 Å². The van der Waals surface area contributed by atoms with Gasteiger partial charge < -0.3 is 14.2 Å². The number of esters is 1. The van der Waals surface area contributed by atoms with E-state index in [9.17, 15) is 17.6 Å². The van der Waals surface area contributed by atoms with E-state index >= 15 is 0 Å². The molecule has 0 saturated heterocycles. The Morgan fingerprint density at radius 1 is 1.11 bits per heavy atom. The molecule has 0 fully saturated rings. The summed E-state index contributed by atoms with van der Waals surface area (Å²) in [7, 11) is -3.73. The third-order valence-electron chi connectivity index (χ3n) is 3.96. The number of ether oxygens (including phenoxy) is 3. The molecule has 0 radical (unpaired) electrons. The molecule has 1 heterocycles. The molecule has 0 aliphatic carbocycles. The number of sulfonamides is 1. The fourth-order valence-corrected chi connectivity index (χ4v) is 3.67. The summed E-state index contributed by atoms with van der Waals surface area (Å²) in [6.45, 7) is 0.833. The summed E-state index contributed by atoms with van der Waals surface area (Å²) in [6.07, 6.45) is 0.310. The summed E-state index contributed by atoms with van der Waals surface area (Å²) in [5, 5.41) is 0. The van der Waals surface area contributed by atoms with Crippen LogP contribution in [0, 0.1) is 5.82 Å². The van der Waals surface area contributed by atoms with Crippen LogP contribution in [0.4, 0.5) is 4.39 Å². The first kappa shape index (κ1) is 20.1. The molecule has 150 valence electrons. The summed E-state index contributed by atoms with van der Waals surface area (Å²) >= 11 is 0. The lowest BCUT2D eigenvalue weighted by molar-refractivity contribution is -0.145. The van der Waals surface area contributed by atoms with Crippen LogP contribution in [0.5, 0.6) is 11.5 Å². The Bertz CT molecular complexity index is 947. The first-order chi connectivity index (χ1) is 13.4. The molecule has 0 spiro atoms. The second kappa shape index (κ2) is 9.03. The number of carbonyl (C=O) groups excluding carboxylic acids is 1. The van der Waals surface area contributed by atoms with Gasteiger partial charge in [0.2, 0.25) is 10.0 Å². The Hall–Kier alpha value is -2.65. The Labute approximate surface area is 162 Å². The number of carbonyl (C=O) groups is 1. The van der Waals surface area contributed by atoms with Crippen molar-refractivity contribution < 1.29 is 31.8 Å². The fourth-order valence-electron chi connectivity index (χ4n) is 2.58. The van der Waals surface area contributed by atoms with Gasteiger partial charge in [-0.3, -0.25) is 4.79 Å². The molecule has 0 unspecified atom stereocenters. The van der Waals surface area contributed by atoms with Gasteiger partial charge in [-0.15, -0.1) is 0 Å². The summed E-state index contributed by atoms with van der Waals surface area (Å²) < 4.78 is 56.0. The van der Waals surface area contributed by atoms with Crippen molar-refractivity contribution in [1.82, 2.24) is 4.72 Å². The van der Waals surface area contributed by atoms with Gasteiger partial charge in [0.1, 0.15) is 25.6 Å². The van der Waals surface area contributed by atoms with Crippen molar-refractivity contribution >= 4 is 16.0 Å². The topological polar surface area (TPSA) is 90.9 Å². The highest BCUT2D eigenvalue weighted by molar-refractivity contribution is 7.89. The number of halogens is 1. The van der Waals surface area contributed by atoms with Crippen molar-refractivity contribution in [3.8, 4) is 11.5 Å². The standard InChI is InChI=1S/C19H20FNO6S/c20-15-4-1-3-14(11-15)13-27-19(22)5-2-8-21-28(23,24)16-6-7-17-18(12-16)26-10-9-25-17/h1,3-4,6-7,11-12,21H,2,5,8-10,13H2. The smallest absolute Gasteiger partial charge is 0.306 e. The van der Waals surface area contributed by atoms with Crippen molar-refractivity contribution in [3.05, 3.63) is 53.8 Å². The molecule has 9 heteroatoms. The molecule has 2 aromatic rings. The van der Waals surface area contributed by atoms with Crippen molar-refractivity contribution in [1.29, 1.82) is 0 Å². The lowest BCUT2D eigenvalue weighted by Gasteiger charge is -2.18. The monoisotopic (exact) mass is 409 g/mol. The quantitative estimate of drug-likeness (QED) is 0.532. The second-order valence-corrected chi connectivity index (χ2v) is 7.86. The minimum Gasteiger partial charge on any atom is -0.486 e. The molecule has 28 heavy (non-hydrogen) atoms. The molecule has 3 rings (SSSR count). The predicted octanol–water partition coefficient (Wildman–Crippen LogP) is 2.40. The minimum absolute atomic E-state index is 0.0283. The summed E-state index contributed by atoms with van der Waals surface area (Å²) in [6, 6.07) is 10.2. The van der Waals surface area contributed by atoms with Crippen LogP contribution in [0.1, 0.15) is 18.4 Å². The first-order valence-electron chi connectivity index (χ1n) is 8.73. The van der Waals surface area contributed by atoms with Gasteiger partial charge in [0.15, 0.2) is 11.5 Å². The Morgan fingerprint density at radius 3 is 2.68 bits per heavy atom. The van der Waals surface area contributed by atoms with Gasteiger partial charge in [-0.1, -0.05) is 12.1 Å². The molecule has 0 bridgehead atoms. The normalized spacial score (nSPS) is 13.2. The molecule has 0 saturated carbocycles. The maximum Gasteiger partial charge on any atom is 0.306 e. The maximum atomic E-state index is 13.1. The summed E-state index contributed by atoms with van der Waals surface area (Å²) in [4.78, 5) is 11.8. The molecular weight excluding hydrogens is 389 g/mol. The van der Waals surface area contributed by atoms with Crippen molar-refractivity contribution in [2.75, 3.05) is 19.8 Å². The van der Waals surface area contributed by atoms with Crippen LogP contribution < -0.4 is 14.2 Å². The van der Waals surface area contributed by atoms with Gasteiger partial charge in [0.05, 0.1) is 4.90 Å². The number of benzene rings is 2. The van der Waals surface area contributed by atoms with E-state index in [-0.39, 0.29) is 30.9 Å². The number of fused-ring (bicyclic) bond motifs is 1. The van der Waals surface area contributed by atoms with Gasteiger partial charge in [-0.2, -0.15) is 0 Å². The van der Waals surface area contributed by atoms with Crippen LogP contribution in [0.2, 0.25) is 0 Å². The average Bonchev–Trinajstić information content (AvgIpc) is 2.69. The van der Waals surface area contributed by atoms with Gasteiger partial charge in [-0.05, 0) is 36.2 Å². The highest BCUT2D eigenvalue weighted by atomic mass is 32.2. The highest BCUT2D eigenvalue weighted by Gasteiger charge is 2.19. The van der Waals surface area contributed by atoms with E-state index in [0.717, 1.165) is 0 Å². The fraction of sp³-hybridized carbons (Fsp3) is 0.316. The van der Waals surface area contributed by atoms with Gasteiger partial charge in [0.25, 0.3) is 0 Å². The molecule has 2 aromatic carbocycles. The molecule has 1 N–H and O–H groups in total. The highest BCUT2D eigenvalue weighted by Crippen LogP contribution is 2.32. The number of hydrogen-bond donors (Lipinski definition) is 1. The SMILES string of the molecule is O=C(CCCNS(=O)(=O)c1ccc2c(c1)OCCO2)OCc1cccc(F)c1. The molecule has 7 nitrogen and oxygen atoms in total. The van der Waals surface area contributed by atoms with E-state index in [1.165, 1.54) is 30.3 Å². The second-order valence-electron chi connectivity index (χ2n) is 6.10. The zero-order valence-corrected chi connectivity index (χ0v) is 15.8. The zero-order valence-electron chi connectivity index (χ0n) is 15.0. The molecular formula is C19H20FNO6S. The third-order valence-corrected chi connectivity index (χ3v) is 5.42. The number of rotatable bonds is 8. The summed E-state index contributed by atoms with van der Waals surface area (Å²) in [5.41, 5.74) is 0.549. The Morgan fingerprint density at radius 2 is 1.89 bits per heavy atom. The van der Waals surface area contributed by atoms with E-state index in [1.807, 2.05) is 0 Å². The minimum atomic E-state index is -3.73. The molecule has 0 atom stereocenters. The number of nitrogens with one attached hydrogen (secondary N) is 1. The van der Waals surface area contributed by atoms with E-state index < -0.39 is 21.8 Å². The molecule has 1 aliphatic rings. The third kappa shape index (κ3) is 5.43. The van der Waals surface area contributed by atoms with E-state index in [2.05, 4.69) is 4.72 Å². The van der Waals surface area contributed by atoms with E-state index in [1.54, 1.807) is 12.1 Å². The molecule has 1 aliphatic heterocycles. The Kier molecular flexibility index (Phi) is 6.48. The lowest BCUT2D eigenvalue weighted by atomic mass is 10.2. The van der Waals surface area contributed by atoms with Crippen molar-refractivity contribution in [3.63, 3.8) is 0 Å².